The zero-order chi connectivity index (χ0) is 19.9. The summed E-state index contributed by atoms with van der Waals surface area (Å²) in [4.78, 5) is 12.1. The summed E-state index contributed by atoms with van der Waals surface area (Å²) in [6.45, 7) is 4.78. The van der Waals surface area contributed by atoms with Crippen LogP contribution in [0.4, 0.5) is 0 Å². The van der Waals surface area contributed by atoms with Crippen LogP contribution in [-0.2, 0) is 11.3 Å². The molecule has 0 bridgehead atoms. The number of nitrogens with zero attached hydrogens (tertiary/aromatic N) is 2. The first-order valence-corrected chi connectivity index (χ1v) is 9.21. The van der Waals surface area contributed by atoms with Crippen molar-refractivity contribution in [3.8, 4) is 17.2 Å². The van der Waals surface area contributed by atoms with Gasteiger partial charge in [0.15, 0.2) is 0 Å². The predicted molar refractivity (Wildman–Crippen MR) is 108 cm³/mol. The average Bonchev–Trinajstić information content (AvgIpc) is 3.19. The van der Waals surface area contributed by atoms with Crippen molar-refractivity contribution in [1.82, 2.24) is 15.1 Å². The molecular weight excluding hydrogens is 354 g/mol. The Hall–Kier alpha value is -3.28. The van der Waals surface area contributed by atoms with Gasteiger partial charge in [-0.25, -0.2) is 4.68 Å². The summed E-state index contributed by atoms with van der Waals surface area (Å²) >= 11 is 0. The van der Waals surface area contributed by atoms with Crippen molar-refractivity contribution in [3.05, 3.63) is 71.5 Å². The van der Waals surface area contributed by atoms with E-state index < -0.39 is 0 Å². The maximum Gasteiger partial charge on any atom is 0.223 e. The van der Waals surface area contributed by atoms with Gasteiger partial charge in [-0.15, -0.1) is 0 Å². The average molecular weight is 379 g/mol. The molecule has 146 valence electrons. The normalized spacial score (nSPS) is 10.5. The predicted octanol–water partition coefficient (Wildman–Crippen LogP) is 3.58. The van der Waals surface area contributed by atoms with E-state index in [0.29, 0.717) is 19.6 Å². The van der Waals surface area contributed by atoms with Crippen molar-refractivity contribution >= 4 is 5.91 Å². The van der Waals surface area contributed by atoms with Crippen LogP contribution in [0, 0.1) is 13.8 Å². The number of aryl methyl sites for hydroxylation is 1. The van der Waals surface area contributed by atoms with Crippen molar-refractivity contribution in [1.29, 1.82) is 0 Å². The van der Waals surface area contributed by atoms with Gasteiger partial charge in [-0.2, -0.15) is 5.10 Å². The fraction of sp³-hybridized carbons (Fsp3) is 0.273. The lowest BCUT2D eigenvalue weighted by Gasteiger charge is -2.10. The molecule has 1 N–H and O–H groups in total. The Balaban J connectivity index is 1.45. The first-order valence-electron chi connectivity index (χ1n) is 9.21. The van der Waals surface area contributed by atoms with Crippen LogP contribution in [0.1, 0.15) is 23.2 Å². The third kappa shape index (κ3) is 4.91. The van der Waals surface area contributed by atoms with Gasteiger partial charge in [0.2, 0.25) is 5.91 Å². The molecule has 1 amide bonds. The Morgan fingerprint density at radius 3 is 2.64 bits per heavy atom. The van der Waals surface area contributed by atoms with Crippen LogP contribution < -0.4 is 14.8 Å². The third-order valence-electron chi connectivity index (χ3n) is 4.59. The molecule has 0 saturated heterocycles. The highest BCUT2D eigenvalue weighted by molar-refractivity contribution is 5.75. The first-order chi connectivity index (χ1) is 13.6. The molecule has 1 heterocycles. The minimum Gasteiger partial charge on any atom is -0.497 e. The number of aromatic nitrogens is 2. The largest absolute Gasteiger partial charge is 0.497 e. The highest BCUT2D eigenvalue weighted by Crippen LogP contribution is 2.20. The van der Waals surface area contributed by atoms with Crippen molar-refractivity contribution in [3.63, 3.8) is 0 Å². The summed E-state index contributed by atoms with van der Waals surface area (Å²) in [6, 6.07) is 15.4. The van der Waals surface area contributed by atoms with Gasteiger partial charge in [0, 0.05) is 6.20 Å². The number of amides is 1. The fourth-order valence-electron chi connectivity index (χ4n) is 2.75. The Kier molecular flexibility index (Phi) is 6.32. The zero-order valence-electron chi connectivity index (χ0n) is 16.4. The number of carbonyl (C=O) groups excluding carboxylic acids is 1. The lowest BCUT2D eigenvalue weighted by Crippen LogP contribution is -2.24. The second-order valence-corrected chi connectivity index (χ2v) is 6.52. The van der Waals surface area contributed by atoms with Gasteiger partial charge < -0.3 is 14.8 Å². The van der Waals surface area contributed by atoms with E-state index >= 15 is 0 Å². The van der Waals surface area contributed by atoms with E-state index in [9.17, 15) is 4.79 Å². The van der Waals surface area contributed by atoms with Gasteiger partial charge in [0.25, 0.3) is 0 Å². The van der Waals surface area contributed by atoms with Crippen molar-refractivity contribution in [2.75, 3.05) is 13.7 Å². The summed E-state index contributed by atoms with van der Waals surface area (Å²) in [7, 11) is 1.64. The summed E-state index contributed by atoms with van der Waals surface area (Å²) in [5.74, 6) is 1.56. The van der Waals surface area contributed by atoms with Gasteiger partial charge in [0.05, 0.1) is 38.1 Å². The molecule has 0 radical (unpaired) electrons. The number of hydrogen-bond donors (Lipinski definition) is 1. The maximum absolute atomic E-state index is 12.1. The second kappa shape index (κ2) is 9.08. The number of rotatable bonds is 8. The Bertz CT molecular complexity index is 932. The maximum atomic E-state index is 12.1. The van der Waals surface area contributed by atoms with E-state index in [0.717, 1.165) is 28.4 Å². The Morgan fingerprint density at radius 1 is 1.11 bits per heavy atom. The number of benzene rings is 2. The molecular formula is C22H25N3O3. The minimum absolute atomic E-state index is 0.0655. The second-order valence-electron chi connectivity index (χ2n) is 6.52. The lowest BCUT2D eigenvalue weighted by atomic mass is 10.1. The zero-order valence-corrected chi connectivity index (χ0v) is 16.4. The fourth-order valence-corrected chi connectivity index (χ4v) is 2.75. The molecule has 6 heteroatoms. The van der Waals surface area contributed by atoms with Crippen molar-refractivity contribution in [2.45, 2.75) is 26.8 Å². The van der Waals surface area contributed by atoms with Crippen LogP contribution in [0.5, 0.6) is 11.5 Å². The van der Waals surface area contributed by atoms with E-state index in [1.807, 2.05) is 68.6 Å². The SMILES string of the molecule is COc1ccc(-n2ccc(CNC(=O)CCOc3cccc(C)c3C)n2)cc1. The van der Waals surface area contributed by atoms with Crippen molar-refractivity contribution < 1.29 is 14.3 Å². The molecule has 0 aliphatic heterocycles. The molecule has 0 atom stereocenters. The molecule has 1 aromatic heterocycles. The van der Waals surface area contributed by atoms with Crippen LogP contribution in [-0.4, -0.2) is 29.4 Å². The van der Waals surface area contributed by atoms with Gasteiger partial charge in [0.1, 0.15) is 11.5 Å². The van der Waals surface area contributed by atoms with Gasteiger partial charge in [-0.05, 0) is 61.4 Å². The molecule has 6 nitrogen and oxygen atoms in total. The van der Waals surface area contributed by atoms with Crippen LogP contribution in [0.2, 0.25) is 0 Å². The highest BCUT2D eigenvalue weighted by atomic mass is 16.5. The monoisotopic (exact) mass is 379 g/mol. The highest BCUT2D eigenvalue weighted by Gasteiger charge is 2.07. The standard InChI is InChI=1S/C22H25N3O3/c1-16-5-4-6-21(17(16)2)28-14-12-22(26)23-15-18-11-13-25(24-18)19-7-9-20(27-3)10-8-19/h4-11,13H,12,14-15H2,1-3H3,(H,23,26). The van der Waals surface area contributed by atoms with Crippen LogP contribution in [0.3, 0.4) is 0 Å². The summed E-state index contributed by atoms with van der Waals surface area (Å²) in [6.07, 6.45) is 2.17. The number of nitrogens with one attached hydrogen (secondary N) is 1. The summed E-state index contributed by atoms with van der Waals surface area (Å²) < 4.78 is 12.7. The number of methoxy groups -OCH3 is 1. The van der Waals surface area contributed by atoms with Gasteiger partial charge >= 0.3 is 0 Å². The molecule has 28 heavy (non-hydrogen) atoms. The quantitative estimate of drug-likeness (QED) is 0.650. The minimum atomic E-state index is -0.0655. The summed E-state index contributed by atoms with van der Waals surface area (Å²) in [5, 5.41) is 7.37. The Morgan fingerprint density at radius 2 is 1.89 bits per heavy atom. The number of hydrogen-bond acceptors (Lipinski definition) is 4. The molecule has 0 saturated carbocycles. The van der Waals surface area contributed by atoms with Crippen LogP contribution in [0.25, 0.3) is 5.69 Å². The third-order valence-corrected chi connectivity index (χ3v) is 4.59. The molecule has 0 aliphatic carbocycles. The van der Waals surface area contributed by atoms with E-state index in [-0.39, 0.29) is 5.91 Å². The molecule has 2 aromatic carbocycles. The molecule has 0 aliphatic rings. The number of carbonyl (C=O) groups is 1. The van der Waals surface area contributed by atoms with Crippen molar-refractivity contribution in [2.24, 2.45) is 0 Å². The smallest absolute Gasteiger partial charge is 0.223 e. The van der Waals surface area contributed by atoms with E-state index in [1.165, 1.54) is 5.56 Å². The first kappa shape index (κ1) is 19.5. The van der Waals surface area contributed by atoms with E-state index in [1.54, 1.807) is 11.8 Å². The van der Waals surface area contributed by atoms with Gasteiger partial charge in [-0.3, -0.25) is 4.79 Å². The molecule has 0 unspecified atom stereocenters. The van der Waals surface area contributed by atoms with E-state index in [4.69, 9.17) is 9.47 Å². The van der Waals surface area contributed by atoms with Crippen LogP contribution in [0.15, 0.2) is 54.7 Å². The molecule has 0 fully saturated rings. The molecule has 3 rings (SSSR count). The van der Waals surface area contributed by atoms with Gasteiger partial charge in [-0.1, -0.05) is 12.1 Å². The number of ether oxygens (including phenoxy) is 2. The molecule has 3 aromatic rings. The summed E-state index contributed by atoms with van der Waals surface area (Å²) in [5.41, 5.74) is 4.00. The van der Waals surface area contributed by atoms with Crippen LogP contribution >= 0.6 is 0 Å². The lowest BCUT2D eigenvalue weighted by molar-refractivity contribution is -0.121. The molecule has 0 spiro atoms. The topological polar surface area (TPSA) is 65.4 Å². The Labute approximate surface area is 165 Å². The van der Waals surface area contributed by atoms with E-state index in [2.05, 4.69) is 10.4 Å².